The molecule has 8 nitrogen and oxygen atoms in total. The molecule has 0 atom stereocenters. The SMILES string of the molecule is CCOC(=O)c1cccc(Nc2nnc(Nc3nc4ccccc4s3)c3c2CCCC3)n1. The molecule has 1 aliphatic rings. The van der Waals surface area contributed by atoms with E-state index < -0.39 is 5.97 Å². The molecule has 0 aliphatic heterocycles. The summed E-state index contributed by atoms with van der Waals surface area (Å²) in [6.45, 7) is 2.08. The van der Waals surface area contributed by atoms with Crippen molar-refractivity contribution in [3.8, 4) is 0 Å². The summed E-state index contributed by atoms with van der Waals surface area (Å²) >= 11 is 1.60. The molecule has 32 heavy (non-hydrogen) atoms. The molecule has 0 saturated heterocycles. The zero-order valence-corrected chi connectivity index (χ0v) is 18.4. The first-order valence-electron chi connectivity index (χ1n) is 10.6. The molecule has 1 aliphatic carbocycles. The fourth-order valence-corrected chi connectivity index (χ4v) is 4.69. The van der Waals surface area contributed by atoms with Crippen molar-refractivity contribution in [2.75, 3.05) is 17.2 Å². The normalized spacial score (nSPS) is 12.9. The van der Waals surface area contributed by atoms with Crippen LogP contribution in [0.4, 0.5) is 22.6 Å². The van der Waals surface area contributed by atoms with Gasteiger partial charge >= 0.3 is 5.97 Å². The molecule has 162 valence electrons. The second-order valence-corrected chi connectivity index (χ2v) is 8.46. The number of nitrogens with one attached hydrogen (secondary N) is 2. The summed E-state index contributed by atoms with van der Waals surface area (Å²) in [6.07, 6.45) is 4.01. The Balaban J connectivity index is 1.43. The largest absolute Gasteiger partial charge is 0.461 e. The molecule has 0 bridgehead atoms. The number of fused-ring (bicyclic) bond motifs is 2. The van der Waals surface area contributed by atoms with Gasteiger partial charge in [0, 0.05) is 11.1 Å². The summed E-state index contributed by atoms with van der Waals surface area (Å²) < 4.78 is 6.17. The van der Waals surface area contributed by atoms with E-state index in [0.29, 0.717) is 18.2 Å². The Morgan fingerprint density at radius 1 is 0.969 bits per heavy atom. The van der Waals surface area contributed by atoms with Gasteiger partial charge in [0.1, 0.15) is 5.82 Å². The summed E-state index contributed by atoms with van der Waals surface area (Å²) in [6, 6.07) is 13.3. The molecule has 0 saturated carbocycles. The van der Waals surface area contributed by atoms with E-state index in [0.717, 1.165) is 58.0 Å². The summed E-state index contributed by atoms with van der Waals surface area (Å²) in [5.41, 5.74) is 3.49. The number of nitrogens with zero attached hydrogens (tertiary/aromatic N) is 4. The molecular weight excluding hydrogens is 424 g/mol. The second kappa shape index (κ2) is 8.88. The number of benzene rings is 1. The molecular formula is C23H22N6O2S. The molecule has 5 rings (SSSR count). The van der Waals surface area contributed by atoms with Gasteiger partial charge in [-0.3, -0.25) is 0 Å². The Bertz CT molecular complexity index is 1260. The van der Waals surface area contributed by atoms with Crippen LogP contribution in [0.3, 0.4) is 0 Å². The first-order chi connectivity index (χ1) is 15.7. The predicted octanol–water partition coefficient (Wildman–Crippen LogP) is 5.02. The summed E-state index contributed by atoms with van der Waals surface area (Å²) in [7, 11) is 0. The van der Waals surface area contributed by atoms with E-state index >= 15 is 0 Å². The topological polar surface area (TPSA) is 102 Å². The van der Waals surface area contributed by atoms with Gasteiger partial charge in [-0.05, 0) is 56.9 Å². The fraction of sp³-hybridized carbons (Fsp3) is 0.261. The van der Waals surface area contributed by atoms with Crippen LogP contribution in [0.2, 0.25) is 0 Å². The van der Waals surface area contributed by atoms with E-state index in [2.05, 4.69) is 36.9 Å². The number of carbonyl (C=O) groups is 1. The van der Waals surface area contributed by atoms with Gasteiger partial charge in [-0.1, -0.05) is 29.5 Å². The summed E-state index contributed by atoms with van der Waals surface area (Å²) in [5.74, 6) is 1.50. The molecule has 0 fully saturated rings. The van der Waals surface area contributed by atoms with Gasteiger partial charge in [0.15, 0.2) is 22.5 Å². The van der Waals surface area contributed by atoms with Gasteiger partial charge in [0.2, 0.25) is 0 Å². The number of rotatable bonds is 6. The van der Waals surface area contributed by atoms with E-state index in [1.54, 1.807) is 36.5 Å². The Morgan fingerprint density at radius 2 is 1.72 bits per heavy atom. The molecule has 1 aromatic carbocycles. The lowest BCUT2D eigenvalue weighted by molar-refractivity contribution is 0.0519. The quantitative estimate of drug-likeness (QED) is 0.398. The maximum atomic E-state index is 12.0. The number of thiazole rings is 1. The average Bonchev–Trinajstić information content (AvgIpc) is 3.23. The van der Waals surface area contributed by atoms with Crippen LogP contribution in [0.5, 0.6) is 0 Å². The minimum Gasteiger partial charge on any atom is -0.461 e. The van der Waals surface area contributed by atoms with E-state index in [4.69, 9.17) is 4.74 Å². The number of para-hydroxylation sites is 1. The van der Waals surface area contributed by atoms with Crippen LogP contribution in [0.25, 0.3) is 10.2 Å². The fourth-order valence-electron chi connectivity index (χ4n) is 3.82. The van der Waals surface area contributed by atoms with E-state index in [1.807, 2.05) is 18.2 Å². The van der Waals surface area contributed by atoms with Crippen LogP contribution >= 0.6 is 11.3 Å². The number of hydrogen-bond donors (Lipinski definition) is 2. The smallest absolute Gasteiger partial charge is 0.356 e. The Hall–Kier alpha value is -3.59. The zero-order chi connectivity index (χ0) is 21.9. The number of carbonyl (C=O) groups excluding carboxylic acids is 1. The number of hydrogen-bond acceptors (Lipinski definition) is 9. The van der Waals surface area contributed by atoms with E-state index in [9.17, 15) is 4.79 Å². The number of ether oxygens (including phenoxy) is 1. The predicted molar refractivity (Wildman–Crippen MR) is 125 cm³/mol. The minimum absolute atomic E-state index is 0.257. The van der Waals surface area contributed by atoms with Gasteiger partial charge in [0.25, 0.3) is 0 Å². The Labute approximate surface area is 189 Å². The minimum atomic E-state index is -0.445. The molecule has 4 aromatic rings. The number of aromatic nitrogens is 4. The van der Waals surface area contributed by atoms with Crippen molar-refractivity contribution in [3.63, 3.8) is 0 Å². The first-order valence-corrected chi connectivity index (χ1v) is 11.4. The lowest BCUT2D eigenvalue weighted by Gasteiger charge is -2.21. The van der Waals surface area contributed by atoms with Crippen LogP contribution in [-0.4, -0.2) is 32.7 Å². The highest BCUT2D eigenvalue weighted by Crippen LogP contribution is 2.34. The Kier molecular flexibility index (Phi) is 5.64. The van der Waals surface area contributed by atoms with E-state index in [1.165, 1.54) is 0 Å². The van der Waals surface area contributed by atoms with Crippen molar-refractivity contribution in [1.29, 1.82) is 0 Å². The maximum Gasteiger partial charge on any atom is 0.356 e. The standard InChI is InChI=1S/C23H22N6O2S/c1-2-31-22(30)17-11-7-13-19(24-17)26-20-14-8-3-4-9-15(14)21(29-28-20)27-23-25-16-10-5-6-12-18(16)32-23/h5-7,10-13H,2-4,8-9H2,1H3,(H,24,26,28)(H,25,27,29). The molecule has 3 heterocycles. The molecule has 0 amide bonds. The molecule has 3 aromatic heterocycles. The van der Waals surface area contributed by atoms with Gasteiger partial charge in [-0.2, -0.15) is 0 Å². The molecule has 0 radical (unpaired) electrons. The highest BCUT2D eigenvalue weighted by molar-refractivity contribution is 7.22. The van der Waals surface area contributed by atoms with Gasteiger partial charge < -0.3 is 15.4 Å². The number of esters is 1. The van der Waals surface area contributed by atoms with Gasteiger partial charge in [0.05, 0.1) is 16.8 Å². The second-order valence-electron chi connectivity index (χ2n) is 7.43. The third kappa shape index (κ3) is 4.11. The third-order valence-corrected chi connectivity index (χ3v) is 6.24. The van der Waals surface area contributed by atoms with Crippen molar-refractivity contribution < 1.29 is 9.53 Å². The maximum absolute atomic E-state index is 12.0. The van der Waals surface area contributed by atoms with Crippen molar-refractivity contribution in [2.24, 2.45) is 0 Å². The number of pyridine rings is 1. The van der Waals surface area contributed by atoms with Gasteiger partial charge in [-0.15, -0.1) is 10.2 Å². The van der Waals surface area contributed by atoms with E-state index in [-0.39, 0.29) is 5.69 Å². The summed E-state index contributed by atoms with van der Waals surface area (Å²) in [5, 5.41) is 16.3. The van der Waals surface area contributed by atoms with Crippen LogP contribution in [0.15, 0.2) is 42.5 Å². The van der Waals surface area contributed by atoms with Crippen molar-refractivity contribution in [2.45, 2.75) is 32.6 Å². The molecule has 0 spiro atoms. The average molecular weight is 447 g/mol. The van der Waals surface area contributed by atoms with Crippen molar-refractivity contribution in [1.82, 2.24) is 20.2 Å². The molecule has 0 unspecified atom stereocenters. The lowest BCUT2D eigenvalue weighted by atomic mass is 9.92. The highest BCUT2D eigenvalue weighted by Gasteiger charge is 2.21. The Morgan fingerprint density at radius 3 is 2.47 bits per heavy atom. The monoisotopic (exact) mass is 446 g/mol. The van der Waals surface area contributed by atoms with Crippen molar-refractivity contribution >= 4 is 50.1 Å². The number of anilines is 4. The molecule has 9 heteroatoms. The highest BCUT2D eigenvalue weighted by atomic mass is 32.1. The van der Waals surface area contributed by atoms with Crippen LogP contribution in [0, 0.1) is 0 Å². The summed E-state index contributed by atoms with van der Waals surface area (Å²) in [4.78, 5) is 21.0. The zero-order valence-electron chi connectivity index (χ0n) is 17.6. The molecule has 2 N–H and O–H groups in total. The van der Waals surface area contributed by atoms with Crippen LogP contribution < -0.4 is 10.6 Å². The van der Waals surface area contributed by atoms with Crippen molar-refractivity contribution in [3.05, 3.63) is 59.3 Å². The third-order valence-electron chi connectivity index (χ3n) is 5.29. The first kappa shape index (κ1) is 20.3. The van der Waals surface area contributed by atoms with Crippen LogP contribution in [0.1, 0.15) is 41.4 Å². The lowest BCUT2D eigenvalue weighted by Crippen LogP contribution is -2.14. The van der Waals surface area contributed by atoms with Gasteiger partial charge in [-0.25, -0.2) is 14.8 Å². The van der Waals surface area contributed by atoms with Crippen LogP contribution in [-0.2, 0) is 17.6 Å².